The van der Waals surface area contributed by atoms with Crippen LogP contribution in [0.4, 0.5) is 0 Å². The Balaban J connectivity index is 0.00000338. The van der Waals surface area contributed by atoms with Gasteiger partial charge in [0, 0.05) is 28.8 Å². The average Bonchev–Trinajstić information content (AvgIpc) is 3.07. The molecule has 2 aromatic rings. The number of furan rings is 1. The van der Waals surface area contributed by atoms with E-state index in [2.05, 4.69) is 15.6 Å². The van der Waals surface area contributed by atoms with Crippen molar-refractivity contribution in [3.8, 4) is 0 Å². The summed E-state index contributed by atoms with van der Waals surface area (Å²) >= 11 is 7.61. The molecule has 142 valence electrons. The molecule has 0 bridgehead atoms. The van der Waals surface area contributed by atoms with Gasteiger partial charge in [0.1, 0.15) is 12.3 Å². The number of primary amides is 1. The summed E-state index contributed by atoms with van der Waals surface area (Å²) in [7, 11) is 0. The topological polar surface area (TPSA) is 92.6 Å². The second kappa shape index (κ2) is 12.1. The fourth-order valence-corrected chi connectivity index (χ4v) is 2.86. The molecule has 9 heteroatoms. The van der Waals surface area contributed by atoms with Gasteiger partial charge in [0.25, 0.3) is 5.91 Å². The lowest BCUT2D eigenvalue weighted by Gasteiger charge is -2.10. The first kappa shape index (κ1) is 22.7. The second-order valence-corrected chi connectivity index (χ2v) is 6.66. The van der Waals surface area contributed by atoms with Gasteiger partial charge in [-0.2, -0.15) is 0 Å². The third kappa shape index (κ3) is 7.88. The SMILES string of the molecule is CCNC(=NCc1ccc(C(N)=O)o1)NCCSc1ccc(Cl)cc1.I. The molecule has 2 rings (SSSR count). The minimum atomic E-state index is -0.584. The molecular formula is C17H22ClIN4O2S. The van der Waals surface area contributed by atoms with Crippen LogP contribution in [0.5, 0.6) is 0 Å². The Kier molecular flexibility index (Phi) is 10.5. The molecule has 0 spiro atoms. The van der Waals surface area contributed by atoms with Crippen molar-refractivity contribution in [2.45, 2.75) is 18.4 Å². The maximum absolute atomic E-state index is 11.0. The van der Waals surface area contributed by atoms with Crippen molar-refractivity contribution in [3.63, 3.8) is 0 Å². The van der Waals surface area contributed by atoms with Gasteiger partial charge in [-0.25, -0.2) is 4.99 Å². The first-order valence-electron chi connectivity index (χ1n) is 7.87. The standard InChI is InChI=1S/C17H21ClN4O2S.HI/c1-2-20-17(22-11-13-5-8-15(24-13)16(19)23)21-9-10-25-14-6-3-12(18)4-7-14;/h3-8H,2,9-11H2,1H3,(H2,19,23)(H2,20,21,22);1H. The van der Waals surface area contributed by atoms with Gasteiger partial charge < -0.3 is 20.8 Å². The zero-order valence-electron chi connectivity index (χ0n) is 14.3. The Bertz CT molecular complexity index is 722. The molecule has 1 aromatic carbocycles. The van der Waals surface area contributed by atoms with E-state index < -0.39 is 5.91 Å². The molecule has 1 amide bonds. The quantitative estimate of drug-likeness (QED) is 0.167. The maximum Gasteiger partial charge on any atom is 0.284 e. The van der Waals surface area contributed by atoms with Crippen LogP contribution in [-0.4, -0.2) is 30.7 Å². The van der Waals surface area contributed by atoms with Crippen LogP contribution in [0, 0.1) is 0 Å². The number of hydrogen-bond donors (Lipinski definition) is 3. The van der Waals surface area contributed by atoms with Crippen LogP contribution in [0.3, 0.4) is 0 Å². The minimum absolute atomic E-state index is 0. The van der Waals surface area contributed by atoms with Crippen molar-refractivity contribution in [1.82, 2.24) is 10.6 Å². The summed E-state index contributed by atoms with van der Waals surface area (Å²) in [6, 6.07) is 11.0. The number of aliphatic imine (C=N–C) groups is 1. The molecule has 1 aromatic heterocycles. The average molecular weight is 509 g/mol. The molecule has 0 fully saturated rings. The van der Waals surface area contributed by atoms with Crippen molar-refractivity contribution in [2.75, 3.05) is 18.8 Å². The summed E-state index contributed by atoms with van der Waals surface area (Å²) in [5, 5.41) is 7.17. The Morgan fingerprint density at radius 1 is 1.23 bits per heavy atom. The number of nitrogens with two attached hydrogens (primary N) is 1. The van der Waals surface area contributed by atoms with Gasteiger partial charge >= 0.3 is 0 Å². The first-order chi connectivity index (χ1) is 12.1. The van der Waals surface area contributed by atoms with Crippen molar-refractivity contribution in [2.24, 2.45) is 10.7 Å². The number of nitrogens with one attached hydrogen (secondary N) is 2. The van der Waals surface area contributed by atoms with E-state index in [0.29, 0.717) is 18.3 Å². The monoisotopic (exact) mass is 508 g/mol. The first-order valence-corrected chi connectivity index (χ1v) is 9.24. The summed E-state index contributed by atoms with van der Waals surface area (Å²) in [6.45, 7) is 3.83. The normalized spacial score (nSPS) is 10.9. The van der Waals surface area contributed by atoms with E-state index in [1.54, 1.807) is 23.9 Å². The molecule has 1 heterocycles. The summed E-state index contributed by atoms with van der Waals surface area (Å²) in [6.07, 6.45) is 0. The second-order valence-electron chi connectivity index (χ2n) is 5.05. The number of thioether (sulfide) groups is 1. The summed E-state index contributed by atoms with van der Waals surface area (Å²) in [5.41, 5.74) is 5.17. The predicted molar refractivity (Wildman–Crippen MR) is 118 cm³/mol. The van der Waals surface area contributed by atoms with Gasteiger partial charge in [-0.05, 0) is 43.3 Å². The summed E-state index contributed by atoms with van der Waals surface area (Å²) in [5.74, 6) is 1.72. The van der Waals surface area contributed by atoms with E-state index in [-0.39, 0.29) is 29.7 Å². The number of benzene rings is 1. The van der Waals surface area contributed by atoms with Gasteiger partial charge in [0.15, 0.2) is 11.7 Å². The molecule has 0 aliphatic heterocycles. The highest BCUT2D eigenvalue weighted by molar-refractivity contribution is 14.0. The van der Waals surface area contributed by atoms with Crippen molar-refractivity contribution in [1.29, 1.82) is 0 Å². The number of amides is 1. The smallest absolute Gasteiger partial charge is 0.284 e. The lowest BCUT2D eigenvalue weighted by Crippen LogP contribution is -2.38. The minimum Gasteiger partial charge on any atom is -0.454 e. The summed E-state index contributed by atoms with van der Waals surface area (Å²) in [4.78, 5) is 16.6. The van der Waals surface area contributed by atoms with Gasteiger partial charge in [-0.15, -0.1) is 35.7 Å². The molecule has 0 saturated carbocycles. The van der Waals surface area contributed by atoms with Crippen LogP contribution in [0.2, 0.25) is 5.02 Å². The molecule has 0 aliphatic rings. The van der Waals surface area contributed by atoms with Gasteiger partial charge in [-0.1, -0.05) is 11.6 Å². The predicted octanol–water partition coefficient (Wildman–Crippen LogP) is 3.50. The highest BCUT2D eigenvalue weighted by Crippen LogP contribution is 2.19. The molecule has 6 nitrogen and oxygen atoms in total. The van der Waals surface area contributed by atoms with Crippen molar-refractivity contribution < 1.29 is 9.21 Å². The molecule has 0 atom stereocenters. The molecule has 0 aliphatic carbocycles. The Morgan fingerprint density at radius 3 is 2.58 bits per heavy atom. The fraction of sp³-hybridized carbons (Fsp3) is 0.294. The van der Waals surface area contributed by atoms with E-state index >= 15 is 0 Å². The van der Waals surface area contributed by atoms with Crippen molar-refractivity contribution >= 4 is 59.2 Å². The third-order valence-corrected chi connectivity index (χ3v) is 4.38. The van der Waals surface area contributed by atoms with E-state index in [0.717, 1.165) is 23.9 Å². The number of halogens is 2. The van der Waals surface area contributed by atoms with Crippen LogP contribution < -0.4 is 16.4 Å². The van der Waals surface area contributed by atoms with Crippen molar-refractivity contribution in [3.05, 3.63) is 52.9 Å². The van der Waals surface area contributed by atoms with E-state index in [4.69, 9.17) is 21.8 Å². The molecule has 0 unspecified atom stereocenters. The molecule has 4 N–H and O–H groups in total. The fourth-order valence-electron chi connectivity index (χ4n) is 1.96. The number of nitrogens with zero attached hydrogens (tertiary/aromatic N) is 1. The van der Waals surface area contributed by atoms with Gasteiger partial charge in [-0.3, -0.25) is 4.79 Å². The number of carbonyl (C=O) groups excluding carboxylic acids is 1. The van der Waals surface area contributed by atoms with Crippen LogP contribution in [-0.2, 0) is 6.54 Å². The largest absolute Gasteiger partial charge is 0.454 e. The lowest BCUT2D eigenvalue weighted by molar-refractivity contribution is 0.0972. The Morgan fingerprint density at radius 2 is 1.96 bits per heavy atom. The molecular weight excluding hydrogens is 487 g/mol. The van der Waals surface area contributed by atoms with Crippen LogP contribution in [0.1, 0.15) is 23.2 Å². The highest BCUT2D eigenvalue weighted by atomic mass is 127. The number of rotatable bonds is 8. The lowest BCUT2D eigenvalue weighted by atomic mass is 10.4. The van der Waals surface area contributed by atoms with Gasteiger partial charge in [0.05, 0.1) is 0 Å². The van der Waals surface area contributed by atoms with Crippen LogP contribution in [0.15, 0.2) is 50.7 Å². The van der Waals surface area contributed by atoms with Gasteiger partial charge in [0.2, 0.25) is 0 Å². The zero-order valence-corrected chi connectivity index (χ0v) is 18.2. The zero-order chi connectivity index (χ0) is 18.1. The number of carbonyl (C=O) groups is 1. The van der Waals surface area contributed by atoms with E-state index in [9.17, 15) is 4.79 Å². The Labute approximate surface area is 179 Å². The van der Waals surface area contributed by atoms with E-state index in [1.165, 1.54) is 4.90 Å². The number of hydrogen-bond acceptors (Lipinski definition) is 4. The van der Waals surface area contributed by atoms with E-state index in [1.807, 2.05) is 31.2 Å². The van der Waals surface area contributed by atoms with Crippen LogP contribution >= 0.6 is 47.3 Å². The molecule has 0 radical (unpaired) electrons. The highest BCUT2D eigenvalue weighted by Gasteiger charge is 2.06. The molecule has 0 saturated heterocycles. The summed E-state index contributed by atoms with van der Waals surface area (Å²) < 4.78 is 5.31. The maximum atomic E-state index is 11.0. The third-order valence-electron chi connectivity index (χ3n) is 3.12. The molecule has 26 heavy (non-hydrogen) atoms. The Hall–Kier alpha value is -1.39. The van der Waals surface area contributed by atoms with Crippen LogP contribution in [0.25, 0.3) is 0 Å². The number of guanidine groups is 1.